The van der Waals surface area contributed by atoms with Gasteiger partial charge in [0.1, 0.15) is 0 Å². The molecule has 0 aliphatic heterocycles. The summed E-state index contributed by atoms with van der Waals surface area (Å²) < 4.78 is 0. The van der Waals surface area contributed by atoms with E-state index in [1.807, 2.05) is 18.2 Å². The molecule has 2 radical (unpaired) electrons. The number of hydrogen-bond donors (Lipinski definition) is 1. The van der Waals surface area contributed by atoms with Crippen molar-refractivity contribution in [1.82, 2.24) is 5.32 Å². The van der Waals surface area contributed by atoms with E-state index in [0.717, 1.165) is 17.7 Å². The van der Waals surface area contributed by atoms with Crippen LogP contribution >= 0.6 is 0 Å². The normalized spacial score (nSPS) is 13.3. The van der Waals surface area contributed by atoms with Gasteiger partial charge in [0.2, 0.25) is 0 Å². The maximum atomic E-state index is 5.59. The molecule has 0 amide bonds. The van der Waals surface area contributed by atoms with E-state index in [-0.39, 0.29) is 5.54 Å². The average Bonchev–Trinajstić information content (AvgIpc) is 2.36. The van der Waals surface area contributed by atoms with Crippen LogP contribution in [0.25, 0.3) is 0 Å². The highest BCUT2D eigenvalue weighted by atomic mass is 15.0. The van der Waals surface area contributed by atoms with E-state index < -0.39 is 0 Å². The number of rotatable bonds is 9. The molecule has 0 saturated heterocycles. The molecule has 0 fully saturated rings. The first-order chi connectivity index (χ1) is 8.49. The lowest BCUT2D eigenvalue weighted by molar-refractivity contribution is 0.388. The van der Waals surface area contributed by atoms with Crippen LogP contribution in [-0.4, -0.2) is 13.4 Å². The van der Waals surface area contributed by atoms with E-state index in [0.29, 0.717) is 6.32 Å². The summed E-state index contributed by atoms with van der Waals surface area (Å²) in [7, 11) is 5.59. The molecule has 0 rings (SSSR count). The minimum absolute atomic E-state index is 0.0843. The monoisotopic (exact) mass is 243 g/mol. The van der Waals surface area contributed by atoms with Crippen molar-refractivity contribution in [2.45, 2.75) is 51.9 Å². The van der Waals surface area contributed by atoms with E-state index in [2.05, 4.69) is 39.2 Å². The zero-order valence-electron chi connectivity index (χ0n) is 12.1. The molecule has 1 nitrogen and oxygen atoms in total. The number of allylic oxidation sites excluding steroid dienone is 5. The summed E-state index contributed by atoms with van der Waals surface area (Å²) in [4.78, 5) is 0. The fraction of sp³-hybridized carbons (Fsp3) is 0.500. The second kappa shape index (κ2) is 8.85. The first-order valence-electron chi connectivity index (χ1n) is 6.63. The van der Waals surface area contributed by atoms with Crippen molar-refractivity contribution in [3.05, 3.63) is 48.7 Å². The molecule has 0 aliphatic carbocycles. The van der Waals surface area contributed by atoms with E-state index in [9.17, 15) is 0 Å². The van der Waals surface area contributed by atoms with Crippen LogP contribution < -0.4 is 5.32 Å². The predicted molar refractivity (Wildman–Crippen MR) is 83.9 cm³/mol. The molecule has 2 heteroatoms. The standard InChI is InChI=1S/C16H26BN/c1-6-9-12-16(4,5)18-15(8-3)11-10-14(7-2)13-17/h7-8,10-11,18H,2-3,6,9,12-13H2,1,4-5H3/b14-10+,15-11+. The molecule has 0 aliphatic rings. The van der Waals surface area contributed by atoms with Crippen molar-refractivity contribution in [2.24, 2.45) is 0 Å². The van der Waals surface area contributed by atoms with Crippen molar-refractivity contribution < 1.29 is 0 Å². The zero-order valence-corrected chi connectivity index (χ0v) is 12.1. The van der Waals surface area contributed by atoms with Gasteiger partial charge in [0, 0.05) is 11.2 Å². The van der Waals surface area contributed by atoms with Crippen molar-refractivity contribution >= 4 is 7.85 Å². The van der Waals surface area contributed by atoms with Gasteiger partial charge in [-0.05, 0) is 32.4 Å². The largest absolute Gasteiger partial charge is 0.380 e. The maximum Gasteiger partial charge on any atom is 0.0716 e. The Bertz CT molecular complexity index is 324. The summed E-state index contributed by atoms with van der Waals surface area (Å²) in [6, 6.07) is 0. The first-order valence-corrected chi connectivity index (χ1v) is 6.63. The Labute approximate surface area is 114 Å². The molecule has 0 heterocycles. The Morgan fingerprint density at radius 2 is 1.89 bits per heavy atom. The minimum atomic E-state index is 0.0843. The summed E-state index contributed by atoms with van der Waals surface area (Å²) in [5.41, 5.74) is 2.12. The molecular formula is C16H26BN. The first kappa shape index (κ1) is 16.8. The van der Waals surface area contributed by atoms with E-state index >= 15 is 0 Å². The van der Waals surface area contributed by atoms with Crippen LogP contribution in [0.3, 0.4) is 0 Å². The van der Waals surface area contributed by atoms with Crippen molar-refractivity contribution in [3.63, 3.8) is 0 Å². The van der Waals surface area contributed by atoms with Gasteiger partial charge in [-0.25, -0.2) is 0 Å². The predicted octanol–water partition coefficient (Wildman–Crippen LogP) is 4.31. The van der Waals surface area contributed by atoms with Crippen molar-refractivity contribution in [1.29, 1.82) is 0 Å². The lowest BCUT2D eigenvalue weighted by Crippen LogP contribution is -2.37. The summed E-state index contributed by atoms with van der Waals surface area (Å²) >= 11 is 0. The Kier molecular flexibility index (Phi) is 8.27. The second-order valence-corrected chi connectivity index (χ2v) is 5.09. The van der Waals surface area contributed by atoms with Crippen LogP contribution in [0.4, 0.5) is 0 Å². The van der Waals surface area contributed by atoms with Gasteiger partial charge in [0.05, 0.1) is 7.85 Å². The molecule has 0 aromatic carbocycles. The van der Waals surface area contributed by atoms with E-state index in [1.165, 1.54) is 12.8 Å². The van der Waals surface area contributed by atoms with Crippen LogP contribution in [-0.2, 0) is 0 Å². The highest BCUT2D eigenvalue weighted by Crippen LogP contribution is 2.15. The molecule has 0 saturated carbocycles. The Hall–Kier alpha value is -1.18. The fourth-order valence-electron chi connectivity index (χ4n) is 1.65. The Morgan fingerprint density at radius 3 is 2.33 bits per heavy atom. The van der Waals surface area contributed by atoms with Gasteiger partial charge in [-0.3, -0.25) is 0 Å². The highest BCUT2D eigenvalue weighted by Gasteiger charge is 2.16. The minimum Gasteiger partial charge on any atom is -0.380 e. The Morgan fingerprint density at radius 1 is 1.22 bits per heavy atom. The second-order valence-electron chi connectivity index (χ2n) is 5.09. The van der Waals surface area contributed by atoms with Gasteiger partial charge in [-0.15, -0.1) is 0 Å². The van der Waals surface area contributed by atoms with Gasteiger partial charge in [-0.1, -0.05) is 57.0 Å². The van der Waals surface area contributed by atoms with Crippen LogP contribution in [0.5, 0.6) is 0 Å². The molecule has 98 valence electrons. The van der Waals surface area contributed by atoms with Crippen LogP contribution in [0.2, 0.25) is 6.32 Å². The van der Waals surface area contributed by atoms with Gasteiger partial charge >= 0.3 is 0 Å². The summed E-state index contributed by atoms with van der Waals surface area (Å²) in [5, 5.41) is 3.50. The lowest BCUT2D eigenvalue weighted by atomic mass is 9.95. The number of unbranched alkanes of at least 4 members (excludes halogenated alkanes) is 1. The molecule has 0 unspecified atom stereocenters. The third-order valence-electron chi connectivity index (χ3n) is 2.83. The van der Waals surface area contributed by atoms with E-state index in [1.54, 1.807) is 6.08 Å². The van der Waals surface area contributed by atoms with Gasteiger partial charge in [0.25, 0.3) is 0 Å². The molecule has 0 aromatic rings. The van der Waals surface area contributed by atoms with Crippen LogP contribution in [0.1, 0.15) is 40.0 Å². The molecule has 18 heavy (non-hydrogen) atoms. The molecule has 0 bridgehead atoms. The number of nitrogens with one attached hydrogen (secondary N) is 1. The van der Waals surface area contributed by atoms with E-state index in [4.69, 9.17) is 7.85 Å². The number of hydrogen-bond acceptors (Lipinski definition) is 1. The van der Waals surface area contributed by atoms with Crippen LogP contribution in [0.15, 0.2) is 48.7 Å². The molecular weight excluding hydrogens is 217 g/mol. The summed E-state index contributed by atoms with van der Waals surface area (Å²) in [5.74, 6) is 0. The van der Waals surface area contributed by atoms with Gasteiger partial charge in [0.15, 0.2) is 0 Å². The molecule has 0 atom stereocenters. The molecule has 0 spiro atoms. The van der Waals surface area contributed by atoms with Crippen molar-refractivity contribution in [2.75, 3.05) is 0 Å². The Balaban J connectivity index is 4.69. The molecule has 1 N–H and O–H groups in total. The topological polar surface area (TPSA) is 12.0 Å². The average molecular weight is 243 g/mol. The fourth-order valence-corrected chi connectivity index (χ4v) is 1.65. The van der Waals surface area contributed by atoms with Crippen LogP contribution in [0, 0.1) is 0 Å². The lowest BCUT2D eigenvalue weighted by Gasteiger charge is -2.28. The van der Waals surface area contributed by atoms with Gasteiger partial charge < -0.3 is 5.32 Å². The maximum absolute atomic E-state index is 5.59. The van der Waals surface area contributed by atoms with Crippen molar-refractivity contribution in [3.8, 4) is 0 Å². The summed E-state index contributed by atoms with van der Waals surface area (Å²) in [6.45, 7) is 14.2. The quantitative estimate of drug-likeness (QED) is 0.470. The SMILES string of the molecule is [B]C/C(C=C)=C/C=C(\C=C)NC(C)(C)CCCC. The smallest absolute Gasteiger partial charge is 0.0716 e. The third kappa shape index (κ3) is 7.21. The molecule has 0 aromatic heterocycles. The van der Waals surface area contributed by atoms with Gasteiger partial charge in [-0.2, -0.15) is 0 Å². The summed E-state index contributed by atoms with van der Waals surface area (Å²) in [6.07, 6.45) is 11.7. The zero-order chi connectivity index (χ0) is 14.0. The highest BCUT2D eigenvalue weighted by molar-refractivity contribution is 6.10. The third-order valence-corrected chi connectivity index (χ3v) is 2.83.